The van der Waals surface area contributed by atoms with Crippen molar-refractivity contribution in [2.24, 2.45) is 0 Å². The second kappa shape index (κ2) is 3.70. The van der Waals surface area contributed by atoms with E-state index in [0.717, 1.165) is 23.3 Å². The lowest BCUT2D eigenvalue weighted by Gasteiger charge is -2.11. The van der Waals surface area contributed by atoms with Gasteiger partial charge < -0.3 is 4.55 Å². The van der Waals surface area contributed by atoms with Gasteiger partial charge in [-0.25, -0.2) is 0 Å². The summed E-state index contributed by atoms with van der Waals surface area (Å²) < 4.78 is 14.8. The van der Waals surface area contributed by atoms with Gasteiger partial charge in [-0.3, -0.25) is 0 Å². The molecule has 0 spiro atoms. The maximum absolute atomic E-state index is 11.7. The first kappa shape index (κ1) is 9.06. The van der Waals surface area contributed by atoms with Gasteiger partial charge in [-0.15, -0.1) is 4.72 Å². The van der Waals surface area contributed by atoms with E-state index < -0.39 is 11.4 Å². The van der Waals surface area contributed by atoms with Crippen LogP contribution in [0.4, 0.5) is 0 Å². The Morgan fingerprint density at radius 1 is 1.38 bits per heavy atom. The van der Waals surface area contributed by atoms with Crippen molar-refractivity contribution < 1.29 is 4.55 Å². The SMILES string of the molecule is Cc1ccccc1[S+]([O-])NC1CC1. The van der Waals surface area contributed by atoms with Crippen LogP contribution >= 0.6 is 0 Å². The molecule has 0 radical (unpaired) electrons. The quantitative estimate of drug-likeness (QED) is 0.746. The Morgan fingerprint density at radius 2 is 2.08 bits per heavy atom. The van der Waals surface area contributed by atoms with Crippen LogP contribution in [0, 0.1) is 6.92 Å². The van der Waals surface area contributed by atoms with Crippen LogP contribution in [0.1, 0.15) is 18.4 Å². The average molecular weight is 195 g/mol. The molecular weight excluding hydrogens is 182 g/mol. The summed E-state index contributed by atoms with van der Waals surface area (Å²) in [6, 6.07) is 8.28. The smallest absolute Gasteiger partial charge is 0.176 e. The average Bonchev–Trinajstić information content (AvgIpc) is 2.89. The molecule has 0 bridgehead atoms. The van der Waals surface area contributed by atoms with Crippen molar-refractivity contribution in [2.45, 2.75) is 30.7 Å². The molecule has 1 atom stereocenters. The van der Waals surface area contributed by atoms with Gasteiger partial charge in [0.25, 0.3) is 0 Å². The van der Waals surface area contributed by atoms with Crippen molar-refractivity contribution in [1.29, 1.82) is 0 Å². The van der Waals surface area contributed by atoms with Crippen LogP contribution in [-0.2, 0) is 11.4 Å². The molecule has 0 aliphatic heterocycles. The summed E-state index contributed by atoms with van der Waals surface area (Å²) in [6.07, 6.45) is 2.33. The van der Waals surface area contributed by atoms with Gasteiger partial charge >= 0.3 is 0 Å². The lowest BCUT2D eigenvalue weighted by Crippen LogP contribution is -2.26. The first-order valence-corrected chi connectivity index (χ1v) is 5.66. The number of benzene rings is 1. The maximum Gasteiger partial charge on any atom is 0.176 e. The summed E-state index contributed by atoms with van der Waals surface area (Å²) in [5.41, 5.74) is 1.09. The molecule has 3 heteroatoms. The Labute approximate surface area is 81.7 Å². The molecule has 1 aromatic carbocycles. The summed E-state index contributed by atoms with van der Waals surface area (Å²) in [7, 11) is 0. The number of nitrogens with one attached hydrogen (secondary N) is 1. The van der Waals surface area contributed by atoms with Gasteiger partial charge in [0.1, 0.15) is 0 Å². The molecular formula is C10H13NOS. The molecule has 0 amide bonds. The monoisotopic (exact) mass is 195 g/mol. The zero-order chi connectivity index (χ0) is 9.26. The molecule has 0 aromatic heterocycles. The predicted molar refractivity (Wildman–Crippen MR) is 53.7 cm³/mol. The van der Waals surface area contributed by atoms with E-state index in [4.69, 9.17) is 0 Å². The molecule has 1 aliphatic rings. The second-order valence-electron chi connectivity index (χ2n) is 3.43. The van der Waals surface area contributed by atoms with Gasteiger partial charge in [0.15, 0.2) is 4.90 Å². The van der Waals surface area contributed by atoms with Crippen molar-refractivity contribution in [3.8, 4) is 0 Å². The second-order valence-corrected chi connectivity index (χ2v) is 4.64. The Kier molecular flexibility index (Phi) is 2.58. The molecule has 1 aromatic rings. The molecule has 1 N–H and O–H groups in total. The molecule has 1 saturated carbocycles. The van der Waals surface area contributed by atoms with E-state index in [1.165, 1.54) is 0 Å². The Bertz CT molecular complexity index is 299. The van der Waals surface area contributed by atoms with E-state index in [9.17, 15) is 4.55 Å². The van der Waals surface area contributed by atoms with Gasteiger partial charge in [0.05, 0.1) is 17.4 Å². The fraction of sp³-hybridized carbons (Fsp3) is 0.400. The highest BCUT2D eigenvalue weighted by molar-refractivity contribution is 7.89. The highest BCUT2D eigenvalue weighted by Gasteiger charge is 2.28. The number of hydrogen-bond donors (Lipinski definition) is 1. The molecule has 70 valence electrons. The molecule has 13 heavy (non-hydrogen) atoms. The summed E-state index contributed by atoms with van der Waals surface area (Å²) >= 11 is -1.01. The van der Waals surface area contributed by atoms with Gasteiger partial charge in [-0.2, -0.15) is 0 Å². The zero-order valence-corrected chi connectivity index (χ0v) is 8.43. The van der Waals surface area contributed by atoms with E-state index in [2.05, 4.69) is 4.72 Å². The first-order chi connectivity index (χ1) is 6.27. The van der Waals surface area contributed by atoms with Crippen LogP contribution in [0.25, 0.3) is 0 Å². The van der Waals surface area contributed by atoms with Crippen LogP contribution < -0.4 is 4.72 Å². The van der Waals surface area contributed by atoms with E-state index in [1.807, 2.05) is 31.2 Å². The Balaban J connectivity index is 2.09. The third-order valence-electron chi connectivity index (χ3n) is 2.14. The molecule has 1 aliphatic carbocycles. The summed E-state index contributed by atoms with van der Waals surface area (Å²) in [5.74, 6) is 0. The van der Waals surface area contributed by atoms with Crippen molar-refractivity contribution in [3.63, 3.8) is 0 Å². The van der Waals surface area contributed by atoms with Crippen LogP contribution in [0.2, 0.25) is 0 Å². The van der Waals surface area contributed by atoms with Crippen molar-refractivity contribution in [1.82, 2.24) is 4.72 Å². The van der Waals surface area contributed by atoms with Crippen LogP contribution in [-0.4, -0.2) is 10.6 Å². The molecule has 1 unspecified atom stereocenters. The van der Waals surface area contributed by atoms with Gasteiger partial charge in [0, 0.05) is 5.56 Å². The fourth-order valence-electron chi connectivity index (χ4n) is 1.18. The largest absolute Gasteiger partial charge is 0.593 e. The summed E-state index contributed by atoms with van der Waals surface area (Å²) in [4.78, 5) is 0.911. The predicted octanol–water partition coefficient (Wildman–Crippen LogP) is 1.77. The van der Waals surface area contributed by atoms with Crippen LogP contribution in [0.5, 0.6) is 0 Å². The zero-order valence-electron chi connectivity index (χ0n) is 7.62. The molecule has 1 fully saturated rings. The standard InChI is InChI=1S/C10H13NOS/c1-8-4-2-3-5-10(8)13(12)11-9-6-7-9/h2-5,9,11H,6-7H2,1H3. The van der Waals surface area contributed by atoms with Crippen molar-refractivity contribution >= 4 is 11.4 Å². The highest BCUT2D eigenvalue weighted by Crippen LogP contribution is 2.23. The van der Waals surface area contributed by atoms with Crippen molar-refractivity contribution in [2.75, 3.05) is 0 Å². The minimum atomic E-state index is -1.01. The lowest BCUT2D eigenvalue weighted by atomic mass is 10.2. The maximum atomic E-state index is 11.7. The van der Waals surface area contributed by atoms with Gasteiger partial charge in [-0.1, -0.05) is 18.2 Å². The number of aryl methyl sites for hydroxylation is 1. The van der Waals surface area contributed by atoms with E-state index >= 15 is 0 Å². The van der Waals surface area contributed by atoms with Gasteiger partial charge in [0.2, 0.25) is 0 Å². The fourth-order valence-corrected chi connectivity index (χ4v) is 2.41. The van der Waals surface area contributed by atoms with E-state index in [1.54, 1.807) is 0 Å². The third kappa shape index (κ3) is 2.24. The van der Waals surface area contributed by atoms with Crippen molar-refractivity contribution in [3.05, 3.63) is 29.8 Å². The third-order valence-corrected chi connectivity index (χ3v) is 3.55. The van der Waals surface area contributed by atoms with Crippen LogP contribution in [0.3, 0.4) is 0 Å². The summed E-state index contributed by atoms with van der Waals surface area (Å²) in [6.45, 7) is 1.99. The molecule has 2 rings (SSSR count). The van der Waals surface area contributed by atoms with E-state index in [0.29, 0.717) is 6.04 Å². The highest BCUT2D eigenvalue weighted by atomic mass is 32.2. The minimum absolute atomic E-state index is 0.487. The minimum Gasteiger partial charge on any atom is -0.593 e. The number of hydrogen-bond acceptors (Lipinski definition) is 2. The van der Waals surface area contributed by atoms with Crippen LogP contribution in [0.15, 0.2) is 29.2 Å². The van der Waals surface area contributed by atoms with E-state index in [-0.39, 0.29) is 0 Å². The van der Waals surface area contributed by atoms with Gasteiger partial charge in [-0.05, 0) is 25.8 Å². The summed E-state index contributed by atoms with van der Waals surface area (Å²) in [5, 5.41) is 0. The first-order valence-electron chi connectivity index (χ1n) is 4.51. The lowest BCUT2D eigenvalue weighted by molar-refractivity contribution is 0.579. The normalized spacial score (nSPS) is 18.6. The topological polar surface area (TPSA) is 35.1 Å². The Hall–Kier alpha value is -0.510. The molecule has 0 heterocycles. The molecule has 0 saturated heterocycles. The molecule has 2 nitrogen and oxygen atoms in total. The Morgan fingerprint density at radius 3 is 2.69 bits per heavy atom. The number of rotatable bonds is 3.